The Bertz CT molecular complexity index is 270. The van der Waals surface area contributed by atoms with Crippen molar-refractivity contribution in [3.8, 4) is 0 Å². The van der Waals surface area contributed by atoms with Crippen LogP contribution in [0.15, 0.2) is 0 Å². The van der Waals surface area contributed by atoms with Crippen LogP contribution in [0.1, 0.15) is 19.8 Å². The van der Waals surface area contributed by atoms with E-state index in [0.717, 1.165) is 12.2 Å². The fourth-order valence-electron chi connectivity index (χ4n) is 1.11. The summed E-state index contributed by atoms with van der Waals surface area (Å²) in [6, 6.07) is -0.0611. The van der Waals surface area contributed by atoms with Gasteiger partial charge in [-0.05, 0) is 31.8 Å². The number of thioether (sulfide) groups is 1. The third-order valence-electron chi connectivity index (χ3n) is 2.15. The third-order valence-corrected chi connectivity index (χ3v) is 4.49. The lowest BCUT2D eigenvalue weighted by Crippen LogP contribution is -2.43. The summed E-state index contributed by atoms with van der Waals surface area (Å²) in [5.41, 5.74) is 0. The van der Waals surface area contributed by atoms with E-state index in [9.17, 15) is 8.42 Å². The quantitative estimate of drug-likeness (QED) is 0.631. The van der Waals surface area contributed by atoms with Gasteiger partial charge in [0.15, 0.2) is 0 Å². The molecule has 0 rings (SSSR count). The highest BCUT2D eigenvalue weighted by molar-refractivity contribution is 7.98. The predicted molar refractivity (Wildman–Crippen MR) is 68.8 cm³/mol. The molecule has 16 heavy (non-hydrogen) atoms. The average Bonchev–Trinajstić information content (AvgIpc) is 2.22. The van der Waals surface area contributed by atoms with E-state index in [4.69, 9.17) is 5.11 Å². The average molecular weight is 270 g/mol. The minimum atomic E-state index is -3.40. The van der Waals surface area contributed by atoms with Crippen molar-refractivity contribution in [3.05, 3.63) is 0 Å². The first-order valence-electron chi connectivity index (χ1n) is 5.27. The van der Waals surface area contributed by atoms with Crippen molar-refractivity contribution in [2.45, 2.75) is 25.8 Å². The Morgan fingerprint density at radius 2 is 2.12 bits per heavy atom. The van der Waals surface area contributed by atoms with Gasteiger partial charge in [0.2, 0.25) is 0 Å². The Morgan fingerprint density at radius 3 is 2.62 bits per heavy atom. The maximum atomic E-state index is 11.7. The van der Waals surface area contributed by atoms with Crippen molar-refractivity contribution in [1.29, 1.82) is 0 Å². The van der Waals surface area contributed by atoms with E-state index in [1.165, 1.54) is 11.4 Å². The highest BCUT2D eigenvalue weighted by atomic mass is 32.2. The summed E-state index contributed by atoms with van der Waals surface area (Å²) < 4.78 is 27.3. The van der Waals surface area contributed by atoms with Crippen LogP contribution < -0.4 is 4.72 Å². The Morgan fingerprint density at radius 1 is 1.50 bits per heavy atom. The first kappa shape index (κ1) is 16.2. The van der Waals surface area contributed by atoms with Gasteiger partial charge in [-0.2, -0.15) is 29.2 Å². The highest BCUT2D eigenvalue weighted by Crippen LogP contribution is 2.03. The second-order valence-corrected chi connectivity index (χ2v) is 6.50. The number of aliphatic hydroxyl groups is 1. The van der Waals surface area contributed by atoms with E-state index >= 15 is 0 Å². The summed E-state index contributed by atoms with van der Waals surface area (Å²) in [5.74, 6) is 0.935. The topological polar surface area (TPSA) is 69.6 Å². The van der Waals surface area contributed by atoms with Crippen molar-refractivity contribution >= 4 is 22.0 Å². The largest absolute Gasteiger partial charge is 0.396 e. The van der Waals surface area contributed by atoms with Crippen molar-refractivity contribution < 1.29 is 13.5 Å². The number of rotatable bonds is 9. The molecule has 0 aliphatic carbocycles. The minimum Gasteiger partial charge on any atom is -0.396 e. The van der Waals surface area contributed by atoms with Crippen LogP contribution in [-0.4, -0.2) is 56.1 Å². The second kappa shape index (κ2) is 8.30. The fraction of sp³-hybridized carbons (Fsp3) is 1.00. The van der Waals surface area contributed by atoms with Gasteiger partial charge in [-0.25, -0.2) is 0 Å². The zero-order chi connectivity index (χ0) is 12.6. The Kier molecular flexibility index (Phi) is 8.39. The van der Waals surface area contributed by atoms with E-state index in [1.807, 2.05) is 13.2 Å². The summed E-state index contributed by atoms with van der Waals surface area (Å²) in [6.07, 6.45) is 3.26. The van der Waals surface area contributed by atoms with E-state index in [2.05, 4.69) is 4.72 Å². The molecule has 0 radical (unpaired) electrons. The number of aliphatic hydroxyl groups excluding tert-OH is 1. The second-order valence-electron chi connectivity index (χ2n) is 3.70. The lowest BCUT2D eigenvalue weighted by molar-refractivity contribution is 0.275. The summed E-state index contributed by atoms with van der Waals surface area (Å²) in [4.78, 5) is 0. The van der Waals surface area contributed by atoms with E-state index in [1.54, 1.807) is 11.8 Å². The molecule has 0 fully saturated rings. The molecule has 7 heteroatoms. The molecule has 2 N–H and O–H groups in total. The van der Waals surface area contributed by atoms with Crippen LogP contribution in [0.25, 0.3) is 0 Å². The van der Waals surface area contributed by atoms with Crippen molar-refractivity contribution in [1.82, 2.24) is 9.03 Å². The molecule has 0 aliphatic rings. The normalized spacial score (nSPS) is 14.3. The smallest absolute Gasteiger partial charge is 0.279 e. The van der Waals surface area contributed by atoms with Gasteiger partial charge in [0, 0.05) is 26.2 Å². The van der Waals surface area contributed by atoms with Crippen LogP contribution in [0.3, 0.4) is 0 Å². The summed E-state index contributed by atoms with van der Waals surface area (Å²) in [5, 5.41) is 8.63. The molecule has 0 aromatic heterocycles. The highest BCUT2D eigenvalue weighted by Gasteiger charge is 2.19. The molecule has 0 heterocycles. The molecule has 0 amide bonds. The van der Waals surface area contributed by atoms with E-state index < -0.39 is 10.2 Å². The van der Waals surface area contributed by atoms with Crippen LogP contribution in [0, 0.1) is 0 Å². The van der Waals surface area contributed by atoms with Crippen LogP contribution in [0.5, 0.6) is 0 Å². The Balaban J connectivity index is 4.11. The molecule has 0 aliphatic heterocycles. The summed E-state index contributed by atoms with van der Waals surface area (Å²) in [6.45, 7) is 2.19. The molecule has 5 nitrogen and oxygen atoms in total. The van der Waals surface area contributed by atoms with Crippen molar-refractivity contribution in [2.24, 2.45) is 0 Å². The lowest BCUT2D eigenvalue weighted by atomic mass is 10.3. The first-order chi connectivity index (χ1) is 7.44. The Hall–Kier alpha value is 0.180. The van der Waals surface area contributed by atoms with Gasteiger partial charge in [0.1, 0.15) is 0 Å². The molecule has 1 unspecified atom stereocenters. The standard InChI is InChI=1S/C9H22N2O3S2/c1-9(5-8-15-3)10-16(13,14)11(2)6-4-7-12/h9-10,12H,4-8H2,1-3H3. The summed E-state index contributed by atoms with van der Waals surface area (Å²) in [7, 11) is -1.89. The maximum absolute atomic E-state index is 11.7. The third kappa shape index (κ3) is 6.70. The minimum absolute atomic E-state index is 0.00187. The molecule has 1 atom stereocenters. The van der Waals surface area contributed by atoms with Crippen LogP contribution >= 0.6 is 11.8 Å². The van der Waals surface area contributed by atoms with Crippen molar-refractivity contribution in [3.63, 3.8) is 0 Å². The molecule has 0 saturated heterocycles. The van der Waals surface area contributed by atoms with Gasteiger partial charge in [-0.1, -0.05) is 0 Å². The van der Waals surface area contributed by atoms with E-state index in [-0.39, 0.29) is 12.6 Å². The molecule has 0 bridgehead atoms. The van der Waals surface area contributed by atoms with Crippen LogP contribution in [0.4, 0.5) is 0 Å². The molecule has 0 aromatic rings. The molecule has 0 saturated carbocycles. The number of hydrogen-bond acceptors (Lipinski definition) is 4. The van der Waals surface area contributed by atoms with Gasteiger partial charge in [0.05, 0.1) is 0 Å². The van der Waals surface area contributed by atoms with Crippen LogP contribution in [-0.2, 0) is 10.2 Å². The first-order valence-corrected chi connectivity index (χ1v) is 8.10. The van der Waals surface area contributed by atoms with Gasteiger partial charge in [0.25, 0.3) is 10.2 Å². The van der Waals surface area contributed by atoms with Crippen LogP contribution in [0.2, 0.25) is 0 Å². The number of hydrogen-bond donors (Lipinski definition) is 2. The van der Waals surface area contributed by atoms with Crippen molar-refractivity contribution in [2.75, 3.05) is 32.2 Å². The zero-order valence-corrected chi connectivity index (χ0v) is 11.8. The number of nitrogens with zero attached hydrogens (tertiary/aromatic N) is 1. The molecule has 98 valence electrons. The fourth-order valence-corrected chi connectivity index (χ4v) is 2.88. The molecule has 0 aromatic carbocycles. The predicted octanol–water partition coefficient (Wildman–Crippen LogP) is 0.277. The lowest BCUT2D eigenvalue weighted by Gasteiger charge is -2.20. The Labute approximate surface area is 103 Å². The SMILES string of the molecule is CSCCC(C)NS(=O)(=O)N(C)CCCO. The monoisotopic (exact) mass is 270 g/mol. The van der Waals surface area contributed by atoms with Gasteiger partial charge in [-0.15, -0.1) is 0 Å². The molecular formula is C9H22N2O3S2. The molecular weight excluding hydrogens is 248 g/mol. The van der Waals surface area contributed by atoms with E-state index in [0.29, 0.717) is 13.0 Å². The maximum Gasteiger partial charge on any atom is 0.279 e. The van der Waals surface area contributed by atoms with Gasteiger partial charge in [-0.3, -0.25) is 0 Å². The number of nitrogens with one attached hydrogen (secondary N) is 1. The van der Waals surface area contributed by atoms with Gasteiger partial charge >= 0.3 is 0 Å². The van der Waals surface area contributed by atoms with Gasteiger partial charge < -0.3 is 5.11 Å². The molecule has 0 spiro atoms. The zero-order valence-electron chi connectivity index (χ0n) is 10.1. The summed E-state index contributed by atoms with van der Waals surface area (Å²) >= 11 is 1.70.